The topological polar surface area (TPSA) is 97.2 Å². The fraction of sp³-hybridized carbons (Fsp3) is 0.242. The molecular formula is C33H36B6N8O. The number of hydrogen-bond donors (Lipinski definition) is 2. The van der Waals surface area contributed by atoms with E-state index in [0.29, 0.717) is 6.41 Å². The normalized spacial score (nSPS) is 11.6. The molecule has 4 heterocycles. The summed E-state index contributed by atoms with van der Waals surface area (Å²) in [5.74, 6) is 0. The lowest BCUT2D eigenvalue weighted by Gasteiger charge is -2.18. The van der Waals surface area contributed by atoms with Gasteiger partial charge in [0, 0.05) is 106 Å². The van der Waals surface area contributed by atoms with Crippen LogP contribution in [-0.2, 0) is 44.8 Å². The molecule has 4 aromatic rings. The molecule has 0 unspecified atom stereocenters. The number of nitrogens with two attached hydrogens (primary N) is 1. The molecule has 0 aliphatic carbocycles. The Kier molecular flexibility index (Phi) is 14.8. The molecule has 0 spiro atoms. The number of rotatable bonds is 7. The van der Waals surface area contributed by atoms with E-state index in [1.54, 1.807) is 0 Å². The summed E-state index contributed by atoms with van der Waals surface area (Å²) >= 11 is 0. The number of nitrogen functional groups attached to an aromatic ring is 1. The van der Waals surface area contributed by atoms with Crippen LogP contribution in [0, 0.1) is 0 Å². The third kappa shape index (κ3) is 11.7. The summed E-state index contributed by atoms with van der Waals surface area (Å²) in [6.07, 6.45) is 9.42. The number of imidazole rings is 2. The molecule has 48 heavy (non-hydrogen) atoms. The Morgan fingerprint density at radius 3 is 1.73 bits per heavy atom. The zero-order chi connectivity index (χ0) is 35.1. The molecule has 2 aliphatic rings. The third-order valence-electron chi connectivity index (χ3n) is 7.31. The Morgan fingerprint density at radius 1 is 0.833 bits per heavy atom. The van der Waals surface area contributed by atoms with Crippen LogP contribution in [-0.4, -0.2) is 82.3 Å². The summed E-state index contributed by atoms with van der Waals surface area (Å²) in [6, 6.07) is 12.2. The van der Waals surface area contributed by atoms with Crippen LogP contribution in [0.1, 0.15) is 22.5 Å². The van der Waals surface area contributed by atoms with Gasteiger partial charge in [-0.1, -0.05) is 23.6 Å². The number of hydrogen-bond acceptors (Lipinski definition) is 6. The van der Waals surface area contributed by atoms with Crippen molar-refractivity contribution >= 4 is 72.9 Å². The molecule has 8 radical (unpaired) electrons. The number of amides is 1. The predicted molar refractivity (Wildman–Crippen MR) is 203 cm³/mol. The van der Waals surface area contributed by atoms with Crippen LogP contribution >= 0.6 is 0 Å². The summed E-state index contributed by atoms with van der Waals surface area (Å²) in [5.41, 5.74) is 24.4. The number of fused-ring (bicyclic) bond motifs is 2. The lowest BCUT2D eigenvalue weighted by Crippen LogP contribution is -2.38. The van der Waals surface area contributed by atoms with Crippen molar-refractivity contribution in [3.8, 4) is 0 Å². The number of nitrogens with one attached hydrogen (secondary N) is 1. The van der Waals surface area contributed by atoms with E-state index < -0.39 is 12.8 Å². The van der Waals surface area contributed by atoms with Crippen molar-refractivity contribution in [2.24, 2.45) is 14.1 Å². The molecule has 15 heteroatoms. The summed E-state index contributed by atoms with van der Waals surface area (Å²) in [6.45, 7) is 10.2. The quantitative estimate of drug-likeness (QED) is 0.142. The second-order valence-corrected chi connectivity index (χ2v) is 11.2. The Balaban J connectivity index is 0.000000197. The van der Waals surface area contributed by atoms with Crippen molar-refractivity contribution in [3.05, 3.63) is 120 Å². The number of carbonyl (C=O) groups is 1. The first kappa shape index (κ1) is 37.4. The predicted octanol–water partition coefficient (Wildman–Crippen LogP) is 2.25. The van der Waals surface area contributed by atoms with Crippen LogP contribution < -0.4 is 20.9 Å². The number of aromatic nitrogens is 4. The van der Waals surface area contributed by atoms with Crippen LogP contribution in [0.5, 0.6) is 0 Å². The highest BCUT2D eigenvalue weighted by Crippen LogP contribution is 2.32. The van der Waals surface area contributed by atoms with Gasteiger partial charge in [-0.2, -0.15) is 0 Å². The van der Waals surface area contributed by atoms with Crippen LogP contribution in [0.3, 0.4) is 0 Å². The molecule has 0 saturated heterocycles. The van der Waals surface area contributed by atoms with Crippen molar-refractivity contribution in [2.75, 3.05) is 33.9 Å². The SMILES string of the molecule is C=C=C=C=C=C.Cn1cnc(CN2CCc3ccc(N)cc32)c1.Cn1cnc(CN2CCc3ccc(NC=O)cc32)c1.[B]B([B])B([B])[B]. The van der Waals surface area contributed by atoms with Gasteiger partial charge in [0.2, 0.25) is 6.41 Å². The van der Waals surface area contributed by atoms with Crippen molar-refractivity contribution in [1.29, 1.82) is 0 Å². The van der Waals surface area contributed by atoms with Crippen LogP contribution in [0.4, 0.5) is 22.7 Å². The molecule has 0 atom stereocenters. The van der Waals surface area contributed by atoms with E-state index in [0.717, 1.165) is 61.8 Å². The van der Waals surface area contributed by atoms with E-state index in [1.807, 2.05) is 60.3 Å². The van der Waals surface area contributed by atoms with Crippen LogP contribution in [0.25, 0.3) is 0 Å². The van der Waals surface area contributed by atoms with Gasteiger partial charge in [-0.25, -0.2) is 9.97 Å². The minimum atomic E-state index is -0.593. The van der Waals surface area contributed by atoms with Gasteiger partial charge in [-0.05, 0) is 72.9 Å². The fourth-order valence-electron chi connectivity index (χ4n) is 4.97. The molecule has 1 amide bonds. The fourth-order valence-corrected chi connectivity index (χ4v) is 4.97. The standard InChI is InChI=1S/C14H16N4O.C13H16N4.C6H4.B6/c1-17-7-13(15-9-17)8-18-5-4-11-2-3-12(16-10-19)6-14(11)18;1-16-7-12(15-9-16)8-17-5-4-10-2-3-11(14)6-13(10)17;1-3-5-6-4-2;1-5(2)6(3)4/h2-3,6-7,9-10H,4-5,8H2,1H3,(H,16,19);2-3,6-7,9H,4-5,8,14H2,1H3;1-2H2;. The largest absolute Gasteiger partial charge is 0.399 e. The molecule has 0 bridgehead atoms. The number of benzene rings is 2. The summed E-state index contributed by atoms with van der Waals surface area (Å²) in [7, 11) is 23.8. The van der Waals surface area contributed by atoms with Gasteiger partial charge in [-0.15, -0.1) is 0 Å². The first-order chi connectivity index (χ1) is 23.0. The molecule has 2 aromatic carbocycles. The van der Waals surface area contributed by atoms with Gasteiger partial charge >= 0.3 is 0 Å². The van der Waals surface area contributed by atoms with Gasteiger partial charge < -0.3 is 30.0 Å². The Bertz CT molecular complexity index is 1770. The van der Waals surface area contributed by atoms with Gasteiger partial charge in [0.1, 0.15) is 0 Å². The van der Waals surface area contributed by atoms with E-state index in [-0.39, 0.29) is 0 Å². The minimum Gasteiger partial charge on any atom is -0.399 e. The highest BCUT2D eigenvalue weighted by molar-refractivity contribution is 7.76. The first-order valence-electron chi connectivity index (χ1n) is 15.3. The van der Waals surface area contributed by atoms with E-state index >= 15 is 0 Å². The molecule has 232 valence electrons. The molecule has 6 rings (SSSR count). The van der Waals surface area contributed by atoms with Gasteiger partial charge in [0.25, 0.3) is 0 Å². The third-order valence-corrected chi connectivity index (χ3v) is 7.31. The van der Waals surface area contributed by atoms with Crippen LogP contribution in [0.2, 0.25) is 0 Å². The summed E-state index contributed by atoms with van der Waals surface area (Å²) in [5, 5.41) is 2.70. The molecule has 0 fully saturated rings. The zero-order valence-corrected chi connectivity index (χ0v) is 27.6. The molecule has 2 aliphatic heterocycles. The summed E-state index contributed by atoms with van der Waals surface area (Å²) < 4.78 is 3.93. The van der Waals surface area contributed by atoms with E-state index in [9.17, 15) is 4.79 Å². The van der Waals surface area contributed by atoms with Crippen molar-refractivity contribution in [3.63, 3.8) is 0 Å². The van der Waals surface area contributed by atoms with E-state index in [2.05, 4.69) is 85.6 Å². The lowest BCUT2D eigenvalue weighted by atomic mass is 8.81. The van der Waals surface area contributed by atoms with Crippen LogP contribution in [0.15, 0.2) is 97.5 Å². The Morgan fingerprint density at radius 2 is 1.31 bits per heavy atom. The average molecular weight is 626 g/mol. The Hall–Kier alpha value is -5.02. The second kappa shape index (κ2) is 19.0. The zero-order valence-electron chi connectivity index (χ0n) is 27.6. The summed E-state index contributed by atoms with van der Waals surface area (Å²) in [4.78, 5) is 23.9. The highest BCUT2D eigenvalue weighted by atomic mass is 16.1. The monoisotopic (exact) mass is 626 g/mol. The second-order valence-electron chi connectivity index (χ2n) is 11.2. The molecule has 3 N–H and O–H groups in total. The van der Waals surface area contributed by atoms with Crippen molar-refractivity contribution in [2.45, 2.75) is 25.9 Å². The number of carbonyl (C=O) groups excluding carboxylic acids is 1. The smallest absolute Gasteiger partial charge is 0.211 e. The molecule has 0 saturated carbocycles. The van der Waals surface area contributed by atoms with Crippen molar-refractivity contribution in [1.82, 2.24) is 19.1 Å². The van der Waals surface area contributed by atoms with Gasteiger partial charge in [0.05, 0.1) is 37.1 Å². The number of anilines is 4. The molecular weight excluding hydrogens is 589 g/mol. The van der Waals surface area contributed by atoms with Gasteiger partial charge in [-0.3, -0.25) is 4.79 Å². The Labute approximate surface area is 290 Å². The molecule has 9 nitrogen and oxygen atoms in total. The maximum atomic E-state index is 10.5. The highest BCUT2D eigenvalue weighted by Gasteiger charge is 2.21. The first-order valence-corrected chi connectivity index (χ1v) is 15.3. The van der Waals surface area contributed by atoms with Gasteiger partial charge in [0.15, 0.2) is 0 Å². The minimum absolute atomic E-state index is 0.593. The lowest BCUT2D eigenvalue weighted by molar-refractivity contribution is -0.105. The maximum Gasteiger partial charge on any atom is 0.211 e. The average Bonchev–Trinajstić information content (AvgIpc) is 3.86. The molecule has 2 aromatic heterocycles. The maximum absolute atomic E-state index is 10.5. The number of nitrogens with zero attached hydrogens (tertiary/aromatic N) is 6. The van der Waals surface area contributed by atoms with E-state index in [1.165, 1.54) is 22.5 Å². The van der Waals surface area contributed by atoms with E-state index in [4.69, 9.17) is 36.7 Å². The number of aryl methyl sites for hydroxylation is 2. The van der Waals surface area contributed by atoms with Crippen molar-refractivity contribution < 1.29 is 4.79 Å².